The van der Waals surface area contributed by atoms with Crippen LogP contribution in [0.4, 0.5) is 4.79 Å². The van der Waals surface area contributed by atoms with Gasteiger partial charge in [0.2, 0.25) is 0 Å². The summed E-state index contributed by atoms with van der Waals surface area (Å²) in [6.45, 7) is 6.46. The van der Waals surface area contributed by atoms with E-state index < -0.39 is 23.3 Å². The van der Waals surface area contributed by atoms with E-state index in [1.807, 2.05) is 20.8 Å². The highest BCUT2D eigenvalue weighted by Crippen LogP contribution is 2.33. The molecule has 2 rings (SSSR count). The predicted molar refractivity (Wildman–Crippen MR) is 98.2 cm³/mol. The van der Waals surface area contributed by atoms with Crippen molar-refractivity contribution < 1.29 is 33.4 Å². The first-order valence-corrected chi connectivity index (χ1v) is 9.17. The van der Waals surface area contributed by atoms with Crippen molar-refractivity contribution in [2.24, 2.45) is 10.9 Å². The first-order chi connectivity index (χ1) is 13.0. The highest BCUT2D eigenvalue weighted by atomic mass is 16.7. The fourth-order valence-corrected chi connectivity index (χ4v) is 3.20. The fraction of sp³-hybridized carbons (Fsp3) is 0.778. The van der Waals surface area contributed by atoms with Gasteiger partial charge >= 0.3 is 18.0 Å². The lowest BCUT2D eigenvalue weighted by Crippen LogP contribution is -2.44. The normalized spacial score (nSPS) is 23.3. The average Bonchev–Trinajstić information content (AvgIpc) is 2.96. The molecule has 1 unspecified atom stereocenters. The van der Waals surface area contributed by atoms with Gasteiger partial charge in [0.25, 0.3) is 5.72 Å². The molecule has 2 aliphatic rings. The first-order valence-electron chi connectivity index (χ1n) is 9.17. The van der Waals surface area contributed by atoms with E-state index in [0.29, 0.717) is 31.8 Å². The number of methoxy groups -OCH3 is 2. The third-order valence-corrected chi connectivity index (χ3v) is 4.53. The maximum Gasteiger partial charge on any atom is 0.410 e. The second-order valence-electron chi connectivity index (χ2n) is 7.83. The number of carbonyl (C=O) groups is 3. The number of rotatable bonds is 4. The first kappa shape index (κ1) is 21.9. The molecule has 1 fully saturated rings. The molecule has 2 heterocycles. The Hall–Kier alpha value is -2.36. The topological polar surface area (TPSA) is 107 Å². The number of hydrogen-bond acceptors (Lipinski definition) is 9. The summed E-state index contributed by atoms with van der Waals surface area (Å²) in [5, 5.41) is 1.40. The molecule has 1 atom stereocenters. The average molecular weight is 399 g/mol. The molecule has 1 saturated heterocycles. The van der Waals surface area contributed by atoms with Crippen LogP contribution in [0.1, 0.15) is 40.0 Å². The highest BCUT2D eigenvalue weighted by Gasteiger charge is 2.51. The molecule has 0 radical (unpaired) electrons. The number of hydrogen-bond donors (Lipinski definition) is 0. The molecule has 1 amide bonds. The Labute approximate surface area is 164 Å². The van der Waals surface area contributed by atoms with E-state index in [4.69, 9.17) is 14.3 Å². The van der Waals surface area contributed by atoms with Gasteiger partial charge in [0, 0.05) is 26.1 Å². The minimum Gasteiger partial charge on any atom is -0.469 e. The van der Waals surface area contributed by atoms with Gasteiger partial charge in [-0.25, -0.2) is 24.5 Å². The molecular weight excluding hydrogens is 370 g/mol. The number of ether oxygens (including phenoxy) is 3. The summed E-state index contributed by atoms with van der Waals surface area (Å²) in [4.78, 5) is 48.0. The molecule has 158 valence electrons. The van der Waals surface area contributed by atoms with Crippen LogP contribution in [-0.4, -0.2) is 79.5 Å². The predicted octanol–water partition coefficient (Wildman–Crippen LogP) is 1.34. The van der Waals surface area contributed by atoms with E-state index >= 15 is 0 Å². The fourth-order valence-electron chi connectivity index (χ4n) is 3.20. The quantitative estimate of drug-likeness (QED) is 0.515. The second kappa shape index (κ2) is 8.34. The van der Waals surface area contributed by atoms with Gasteiger partial charge in [-0.15, -0.1) is 0 Å². The Morgan fingerprint density at radius 1 is 1.18 bits per heavy atom. The summed E-state index contributed by atoms with van der Waals surface area (Å²) >= 11 is 0. The molecule has 0 spiro atoms. The van der Waals surface area contributed by atoms with Gasteiger partial charge in [-0.3, -0.25) is 4.79 Å². The molecule has 10 heteroatoms. The van der Waals surface area contributed by atoms with Gasteiger partial charge in [0.15, 0.2) is 0 Å². The van der Waals surface area contributed by atoms with Gasteiger partial charge in [0.1, 0.15) is 17.9 Å². The lowest BCUT2D eigenvalue weighted by Gasteiger charge is -2.34. The Kier molecular flexibility index (Phi) is 6.53. The molecule has 10 nitrogen and oxygen atoms in total. The monoisotopic (exact) mass is 399 g/mol. The summed E-state index contributed by atoms with van der Waals surface area (Å²) < 4.78 is 14.8. The second-order valence-corrected chi connectivity index (χ2v) is 7.83. The number of aliphatic imine (C=N–C) groups is 1. The molecule has 28 heavy (non-hydrogen) atoms. The van der Waals surface area contributed by atoms with Crippen LogP contribution < -0.4 is 0 Å². The van der Waals surface area contributed by atoms with Crippen LogP contribution >= 0.6 is 0 Å². The van der Waals surface area contributed by atoms with Gasteiger partial charge in [-0.2, -0.15) is 0 Å². The molecule has 0 aromatic carbocycles. The molecule has 0 aromatic rings. The zero-order valence-corrected chi connectivity index (χ0v) is 17.3. The standard InChI is InChI=1S/C18H29N3O7/c1-17(2,3)27-16(24)21-9-7-12(8-10-21)14-19-18(15(23)26-6,28-20(14)4)11-13(22)25-5/h12H,7-11H2,1-6H3. The Morgan fingerprint density at radius 3 is 2.29 bits per heavy atom. The van der Waals surface area contributed by atoms with E-state index in [2.05, 4.69) is 9.73 Å². The largest absolute Gasteiger partial charge is 0.469 e. The van der Waals surface area contributed by atoms with Crippen LogP contribution in [0.15, 0.2) is 4.99 Å². The van der Waals surface area contributed by atoms with E-state index in [1.54, 1.807) is 11.9 Å². The summed E-state index contributed by atoms with van der Waals surface area (Å²) in [7, 11) is 4.06. The van der Waals surface area contributed by atoms with Gasteiger partial charge < -0.3 is 19.1 Å². The molecule has 0 bridgehead atoms. The SMILES string of the molecule is COC(=O)CC1(C(=O)OC)N=C(C2CCN(C(=O)OC(C)(C)C)CC2)N(C)O1. The lowest BCUT2D eigenvalue weighted by molar-refractivity contribution is -0.206. The van der Waals surface area contributed by atoms with Crippen LogP contribution in [0, 0.1) is 5.92 Å². The van der Waals surface area contributed by atoms with E-state index in [9.17, 15) is 14.4 Å². The minimum absolute atomic E-state index is 0.0344. The number of esters is 2. The number of likely N-dealkylation sites (tertiary alicyclic amines) is 1. The van der Waals surface area contributed by atoms with Crippen molar-refractivity contribution in [3.05, 3.63) is 0 Å². The zero-order valence-electron chi connectivity index (χ0n) is 17.3. The maximum absolute atomic E-state index is 12.3. The third kappa shape index (κ3) is 4.92. The molecule has 0 aromatic heterocycles. The lowest BCUT2D eigenvalue weighted by atomic mass is 9.95. The van der Waals surface area contributed by atoms with Crippen LogP contribution in [0.5, 0.6) is 0 Å². The number of amides is 1. The van der Waals surface area contributed by atoms with Crippen molar-refractivity contribution in [1.82, 2.24) is 9.96 Å². The summed E-state index contributed by atoms with van der Waals surface area (Å²) in [6, 6.07) is 0. The molecule has 0 aliphatic carbocycles. The summed E-state index contributed by atoms with van der Waals surface area (Å²) in [5.74, 6) is -0.902. The highest BCUT2D eigenvalue weighted by molar-refractivity contribution is 5.93. The minimum atomic E-state index is -1.78. The molecule has 0 saturated carbocycles. The van der Waals surface area contributed by atoms with Crippen LogP contribution in [-0.2, 0) is 28.6 Å². The zero-order chi connectivity index (χ0) is 21.1. The van der Waals surface area contributed by atoms with E-state index in [-0.39, 0.29) is 18.4 Å². The molecule has 0 N–H and O–H groups in total. The summed E-state index contributed by atoms with van der Waals surface area (Å²) in [6.07, 6.45) is 0.516. The number of amidine groups is 1. The van der Waals surface area contributed by atoms with E-state index in [1.165, 1.54) is 19.3 Å². The Bertz CT molecular complexity index is 650. The Balaban J connectivity index is 2.10. The van der Waals surface area contributed by atoms with Crippen molar-refractivity contribution in [1.29, 1.82) is 0 Å². The van der Waals surface area contributed by atoms with Gasteiger partial charge in [-0.1, -0.05) is 0 Å². The number of nitrogens with zero attached hydrogens (tertiary/aromatic N) is 3. The van der Waals surface area contributed by atoms with Crippen molar-refractivity contribution in [2.45, 2.75) is 51.4 Å². The Morgan fingerprint density at radius 2 is 1.79 bits per heavy atom. The molecular formula is C18H29N3O7. The van der Waals surface area contributed by atoms with Crippen LogP contribution in [0.3, 0.4) is 0 Å². The van der Waals surface area contributed by atoms with E-state index in [0.717, 1.165) is 0 Å². The van der Waals surface area contributed by atoms with Crippen molar-refractivity contribution >= 4 is 23.9 Å². The van der Waals surface area contributed by atoms with Crippen LogP contribution in [0.25, 0.3) is 0 Å². The number of piperidine rings is 1. The van der Waals surface area contributed by atoms with Crippen molar-refractivity contribution in [2.75, 3.05) is 34.4 Å². The van der Waals surface area contributed by atoms with Crippen molar-refractivity contribution in [3.8, 4) is 0 Å². The molecule has 2 aliphatic heterocycles. The van der Waals surface area contributed by atoms with Crippen molar-refractivity contribution in [3.63, 3.8) is 0 Å². The number of hydroxylamine groups is 2. The summed E-state index contributed by atoms with van der Waals surface area (Å²) in [5.41, 5.74) is -2.33. The third-order valence-electron chi connectivity index (χ3n) is 4.53. The number of carbonyl (C=O) groups excluding carboxylic acids is 3. The smallest absolute Gasteiger partial charge is 0.410 e. The maximum atomic E-state index is 12.3. The van der Waals surface area contributed by atoms with Gasteiger partial charge in [-0.05, 0) is 33.6 Å². The van der Waals surface area contributed by atoms with Gasteiger partial charge in [0.05, 0.1) is 14.2 Å². The van der Waals surface area contributed by atoms with Crippen LogP contribution in [0.2, 0.25) is 0 Å².